The average Bonchev–Trinajstić information content (AvgIpc) is 2.43. The molecular formula is C14H14F2N4O. The van der Waals surface area contributed by atoms with Gasteiger partial charge in [-0.05, 0) is 12.1 Å². The van der Waals surface area contributed by atoms with Gasteiger partial charge in [-0.15, -0.1) is 0 Å². The number of nitrogens with two attached hydrogens (primary N) is 1. The standard InChI is InChI=1S/C14H14F2N4O/c1-7(2)13-18-6-10(17)12(20-13)14(21)19-11-5-8(15)3-4-9(11)16/h3-7H,17H2,1-2H3,(H,19,21). The summed E-state index contributed by atoms with van der Waals surface area (Å²) in [5.41, 5.74) is 5.38. The van der Waals surface area contributed by atoms with E-state index in [0.29, 0.717) is 5.82 Å². The van der Waals surface area contributed by atoms with Crippen molar-refractivity contribution in [1.82, 2.24) is 9.97 Å². The SMILES string of the molecule is CC(C)c1ncc(N)c(C(=O)Nc2cc(F)ccc2F)n1. The molecule has 0 aliphatic rings. The fourth-order valence-corrected chi connectivity index (χ4v) is 1.64. The second-order valence-electron chi connectivity index (χ2n) is 4.77. The van der Waals surface area contributed by atoms with Crippen molar-refractivity contribution in [3.8, 4) is 0 Å². The third-order valence-corrected chi connectivity index (χ3v) is 2.74. The molecule has 0 fully saturated rings. The molecule has 1 aromatic heterocycles. The van der Waals surface area contributed by atoms with Crippen molar-refractivity contribution in [1.29, 1.82) is 0 Å². The number of nitrogen functional groups attached to an aromatic ring is 1. The molecule has 0 radical (unpaired) electrons. The molecule has 7 heteroatoms. The number of hydrogen-bond acceptors (Lipinski definition) is 4. The first-order chi connectivity index (χ1) is 9.88. The van der Waals surface area contributed by atoms with Crippen LogP contribution in [-0.4, -0.2) is 15.9 Å². The van der Waals surface area contributed by atoms with Crippen LogP contribution in [0.15, 0.2) is 24.4 Å². The lowest BCUT2D eigenvalue weighted by molar-refractivity contribution is 0.102. The lowest BCUT2D eigenvalue weighted by atomic mass is 10.2. The zero-order chi connectivity index (χ0) is 15.6. The second-order valence-corrected chi connectivity index (χ2v) is 4.77. The predicted molar refractivity (Wildman–Crippen MR) is 74.8 cm³/mol. The Bertz CT molecular complexity index is 689. The molecule has 3 N–H and O–H groups in total. The van der Waals surface area contributed by atoms with E-state index in [2.05, 4.69) is 15.3 Å². The first kappa shape index (κ1) is 14.8. The van der Waals surface area contributed by atoms with Crippen LogP contribution in [0.25, 0.3) is 0 Å². The maximum atomic E-state index is 13.5. The van der Waals surface area contributed by atoms with Crippen LogP contribution in [0, 0.1) is 11.6 Å². The summed E-state index contributed by atoms with van der Waals surface area (Å²) in [4.78, 5) is 20.2. The van der Waals surface area contributed by atoms with Crippen LogP contribution in [0.5, 0.6) is 0 Å². The third kappa shape index (κ3) is 3.31. The molecule has 1 aromatic carbocycles. The highest BCUT2D eigenvalue weighted by atomic mass is 19.1. The molecule has 0 atom stereocenters. The molecule has 0 unspecified atom stereocenters. The molecule has 0 spiro atoms. The van der Waals surface area contributed by atoms with E-state index in [-0.39, 0.29) is 23.0 Å². The topological polar surface area (TPSA) is 80.9 Å². The third-order valence-electron chi connectivity index (χ3n) is 2.74. The molecule has 21 heavy (non-hydrogen) atoms. The van der Waals surface area contributed by atoms with E-state index in [0.717, 1.165) is 18.2 Å². The highest BCUT2D eigenvalue weighted by molar-refractivity contribution is 6.06. The number of rotatable bonds is 3. The van der Waals surface area contributed by atoms with Gasteiger partial charge in [-0.3, -0.25) is 4.79 Å². The van der Waals surface area contributed by atoms with E-state index >= 15 is 0 Å². The van der Waals surface area contributed by atoms with Gasteiger partial charge in [-0.1, -0.05) is 13.8 Å². The Labute approximate surface area is 120 Å². The fourth-order valence-electron chi connectivity index (χ4n) is 1.64. The Balaban J connectivity index is 2.32. The minimum absolute atomic E-state index is 0.00283. The summed E-state index contributed by atoms with van der Waals surface area (Å²) in [7, 11) is 0. The highest BCUT2D eigenvalue weighted by Gasteiger charge is 2.16. The summed E-state index contributed by atoms with van der Waals surface area (Å²) >= 11 is 0. The number of anilines is 2. The summed E-state index contributed by atoms with van der Waals surface area (Å²) in [6.45, 7) is 3.72. The average molecular weight is 292 g/mol. The van der Waals surface area contributed by atoms with E-state index < -0.39 is 17.5 Å². The van der Waals surface area contributed by atoms with Crippen LogP contribution in [0.4, 0.5) is 20.2 Å². The Hall–Kier alpha value is -2.57. The maximum absolute atomic E-state index is 13.5. The summed E-state index contributed by atoms with van der Waals surface area (Å²) in [5, 5.41) is 2.25. The lowest BCUT2D eigenvalue weighted by Crippen LogP contribution is -2.18. The van der Waals surface area contributed by atoms with Gasteiger partial charge in [0.25, 0.3) is 5.91 Å². The molecule has 1 heterocycles. The molecule has 0 aliphatic carbocycles. The van der Waals surface area contributed by atoms with Crippen molar-refractivity contribution in [2.75, 3.05) is 11.1 Å². The summed E-state index contributed by atoms with van der Waals surface area (Å²) in [5.74, 6) is -1.69. The lowest BCUT2D eigenvalue weighted by Gasteiger charge is -2.10. The monoisotopic (exact) mass is 292 g/mol. The summed E-state index contributed by atoms with van der Waals surface area (Å²) in [6, 6.07) is 2.77. The minimum atomic E-state index is -0.749. The Morgan fingerprint density at radius 3 is 2.71 bits per heavy atom. The Kier molecular flexibility index (Phi) is 4.11. The number of amides is 1. The van der Waals surface area contributed by atoms with Gasteiger partial charge in [0.05, 0.1) is 17.6 Å². The van der Waals surface area contributed by atoms with E-state index in [1.807, 2.05) is 13.8 Å². The van der Waals surface area contributed by atoms with E-state index in [1.165, 1.54) is 6.20 Å². The van der Waals surface area contributed by atoms with Crippen LogP contribution in [0.3, 0.4) is 0 Å². The van der Waals surface area contributed by atoms with Gasteiger partial charge in [-0.2, -0.15) is 0 Å². The van der Waals surface area contributed by atoms with Crippen molar-refractivity contribution < 1.29 is 13.6 Å². The molecule has 1 amide bonds. The zero-order valence-corrected chi connectivity index (χ0v) is 11.5. The molecule has 110 valence electrons. The van der Waals surface area contributed by atoms with Gasteiger partial charge in [0.1, 0.15) is 17.5 Å². The number of benzene rings is 1. The van der Waals surface area contributed by atoms with Crippen molar-refractivity contribution in [3.63, 3.8) is 0 Å². The summed E-state index contributed by atoms with van der Waals surface area (Å²) < 4.78 is 26.6. The first-order valence-corrected chi connectivity index (χ1v) is 6.27. The van der Waals surface area contributed by atoms with Crippen molar-refractivity contribution in [2.24, 2.45) is 0 Å². The number of carbonyl (C=O) groups is 1. The predicted octanol–water partition coefficient (Wildman–Crippen LogP) is 2.71. The van der Waals surface area contributed by atoms with Gasteiger partial charge in [-0.25, -0.2) is 18.7 Å². The molecule has 2 rings (SSSR count). The van der Waals surface area contributed by atoms with Gasteiger partial charge < -0.3 is 11.1 Å². The van der Waals surface area contributed by atoms with Gasteiger partial charge >= 0.3 is 0 Å². The van der Waals surface area contributed by atoms with E-state index in [9.17, 15) is 13.6 Å². The quantitative estimate of drug-likeness (QED) is 0.911. The van der Waals surface area contributed by atoms with Gasteiger partial charge in [0.15, 0.2) is 5.69 Å². The minimum Gasteiger partial charge on any atom is -0.396 e. The van der Waals surface area contributed by atoms with Crippen LogP contribution < -0.4 is 11.1 Å². The van der Waals surface area contributed by atoms with Crippen LogP contribution in [0.2, 0.25) is 0 Å². The van der Waals surface area contributed by atoms with Crippen LogP contribution >= 0.6 is 0 Å². The van der Waals surface area contributed by atoms with Crippen molar-refractivity contribution in [2.45, 2.75) is 19.8 Å². The highest BCUT2D eigenvalue weighted by Crippen LogP contribution is 2.18. The van der Waals surface area contributed by atoms with Gasteiger partial charge in [0.2, 0.25) is 0 Å². The van der Waals surface area contributed by atoms with Crippen LogP contribution in [-0.2, 0) is 0 Å². The fraction of sp³-hybridized carbons (Fsp3) is 0.214. The summed E-state index contributed by atoms with van der Waals surface area (Å²) in [6.07, 6.45) is 1.32. The maximum Gasteiger partial charge on any atom is 0.276 e. The van der Waals surface area contributed by atoms with Crippen molar-refractivity contribution >= 4 is 17.3 Å². The molecule has 0 bridgehead atoms. The molecule has 0 saturated heterocycles. The van der Waals surface area contributed by atoms with E-state index in [1.54, 1.807) is 0 Å². The number of nitrogens with one attached hydrogen (secondary N) is 1. The Morgan fingerprint density at radius 1 is 1.33 bits per heavy atom. The second kappa shape index (κ2) is 5.82. The number of halogens is 2. The normalized spacial score (nSPS) is 10.7. The molecular weight excluding hydrogens is 278 g/mol. The van der Waals surface area contributed by atoms with Crippen molar-refractivity contribution in [3.05, 3.63) is 47.5 Å². The number of nitrogens with zero attached hydrogens (tertiary/aromatic N) is 2. The number of aromatic nitrogens is 2. The van der Waals surface area contributed by atoms with E-state index in [4.69, 9.17) is 5.73 Å². The largest absolute Gasteiger partial charge is 0.396 e. The first-order valence-electron chi connectivity index (χ1n) is 6.27. The molecule has 2 aromatic rings. The molecule has 0 saturated carbocycles. The molecule has 5 nitrogen and oxygen atoms in total. The van der Waals surface area contributed by atoms with Gasteiger partial charge in [0, 0.05) is 12.0 Å². The molecule has 0 aliphatic heterocycles. The Morgan fingerprint density at radius 2 is 2.05 bits per heavy atom. The number of carbonyl (C=O) groups excluding carboxylic acids is 1. The van der Waals surface area contributed by atoms with Crippen LogP contribution in [0.1, 0.15) is 36.1 Å². The zero-order valence-electron chi connectivity index (χ0n) is 11.5. The number of hydrogen-bond donors (Lipinski definition) is 2. The smallest absolute Gasteiger partial charge is 0.276 e.